The molecular weight excluding hydrogens is 454 g/mol. The molecule has 0 aliphatic rings. The van der Waals surface area contributed by atoms with Gasteiger partial charge in [-0.05, 0) is 49.6 Å². The smallest absolute Gasteiger partial charge is 0.327 e. The molecule has 184 valence electrons. The quantitative estimate of drug-likeness (QED) is 0.157. The minimum Gasteiger partial charge on any atom is -0.465 e. The third-order valence-electron chi connectivity index (χ3n) is 6.06. The average Bonchev–Trinajstić information content (AvgIpc) is 3.34. The Bertz CT molecular complexity index is 1360. The number of aromatic nitrogens is 4. The Hall–Kier alpha value is -4.33. The van der Waals surface area contributed by atoms with Gasteiger partial charge in [0.15, 0.2) is 0 Å². The number of nitrogens with zero attached hydrogens (tertiary/aromatic N) is 5. The van der Waals surface area contributed by atoms with Crippen molar-refractivity contribution < 1.29 is 14.7 Å². The molecule has 1 unspecified atom stereocenters. The largest absolute Gasteiger partial charge is 0.465 e. The van der Waals surface area contributed by atoms with Gasteiger partial charge < -0.3 is 9.94 Å². The molecule has 2 aromatic carbocycles. The summed E-state index contributed by atoms with van der Waals surface area (Å²) in [6.07, 6.45) is 3.97. The second-order valence-corrected chi connectivity index (χ2v) is 8.57. The standard InChI is InChI=1S/C28H29N5O3/c1-4-36-28(34)18-33-17-27(30-32-33)22-11-9-21(10-12-22)25(24-8-6-5-7-19(24)2)16-26(31-35)23-13-14-29-20(3)15-23/h5-15,17,25,35H,4,16,18H2,1-3H3. The van der Waals surface area contributed by atoms with Gasteiger partial charge >= 0.3 is 5.97 Å². The van der Waals surface area contributed by atoms with Gasteiger partial charge in [-0.15, -0.1) is 5.10 Å². The van der Waals surface area contributed by atoms with E-state index in [1.54, 1.807) is 19.3 Å². The number of carbonyl (C=O) groups excluding carboxylic acids is 1. The first kappa shape index (κ1) is 24.8. The van der Waals surface area contributed by atoms with Crippen LogP contribution in [0.25, 0.3) is 11.3 Å². The lowest BCUT2D eigenvalue weighted by molar-refractivity contribution is -0.144. The fourth-order valence-electron chi connectivity index (χ4n) is 4.25. The SMILES string of the molecule is CCOC(=O)Cn1cc(-c2ccc(C(CC(=NO)c3ccnc(C)c3)c3ccccc3C)cc2)nn1. The number of aryl methyl sites for hydroxylation is 2. The van der Waals surface area contributed by atoms with E-state index in [1.807, 2.05) is 43.3 Å². The Balaban J connectivity index is 1.63. The fourth-order valence-corrected chi connectivity index (χ4v) is 4.25. The van der Waals surface area contributed by atoms with Crippen LogP contribution in [0.1, 0.15) is 47.2 Å². The molecule has 4 aromatic rings. The maximum atomic E-state index is 11.7. The summed E-state index contributed by atoms with van der Waals surface area (Å²) < 4.78 is 6.45. The van der Waals surface area contributed by atoms with Crippen LogP contribution in [0.4, 0.5) is 0 Å². The number of benzene rings is 2. The van der Waals surface area contributed by atoms with Crippen molar-refractivity contribution in [2.45, 2.75) is 39.7 Å². The van der Waals surface area contributed by atoms with Crippen LogP contribution in [-0.2, 0) is 16.1 Å². The monoisotopic (exact) mass is 483 g/mol. The van der Waals surface area contributed by atoms with Gasteiger partial charge in [-0.25, -0.2) is 4.68 Å². The van der Waals surface area contributed by atoms with E-state index in [4.69, 9.17) is 4.74 Å². The van der Waals surface area contributed by atoms with E-state index in [1.165, 1.54) is 4.68 Å². The zero-order valence-corrected chi connectivity index (χ0v) is 20.6. The fraction of sp³-hybridized carbons (Fsp3) is 0.250. The predicted octanol–water partition coefficient (Wildman–Crippen LogP) is 4.92. The topological polar surface area (TPSA) is 102 Å². The lowest BCUT2D eigenvalue weighted by Crippen LogP contribution is -2.13. The lowest BCUT2D eigenvalue weighted by Gasteiger charge is -2.21. The zero-order valence-electron chi connectivity index (χ0n) is 20.6. The Morgan fingerprint density at radius 2 is 1.89 bits per heavy atom. The van der Waals surface area contributed by atoms with Gasteiger partial charge in [0, 0.05) is 35.4 Å². The lowest BCUT2D eigenvalue weighted by atomic mass is 9.83. The number of esters is 1. The minimum atomic E-state index is -0.351. The molecule has 0 spiro atoms. The van der Waals surface area contributed by atoms with E-state index in [0.29, 0.717) is 24.4 Å². The number of carbonyl (C=O) groups is 1. The Labute approximate surface area is 210 Å². The van der Waals surface area contributed by atoms with Crippen LogP contribution < -0.4 is 0 Å². The number of hydrogen-bond acceptors (Lipinski definition) is 7. The Kier molecular flexibility index (Phi) is 7.85. The minimum absolute atomic E-state index is 0.0199. The van der Waals surface area contributed by atoms with Gasteiger partial charge in [0.2, 0.25) is 0 Å². The number of ether oxygens (including phenoxy) is 1. The first-order valence-electron chi connectivity index (χ1n) is 11.8. The second-order valence-electron chi connectivity index (χ2n) is 8.57. The second kappa shape index (κ2) is 11.4. The highest BCUT2D eigenvalue weighted by Crippen LogP contribution is 2.33. The summed E-state index contributed by atoms with van der Waals surface area (Å²) in [5.74, 6) is -0.379. The highest BCUT2D eigenvalue weighted by atomic mass is 16.5. The van der Waals surface area contributed by atoms with Crippen LogP contribution in [0.5, 0.6) is 0 Å². The molecule has 0 amide bonds. The van der Waals surface area contributed by atoms with Crippen molar-refractivity contribution in [3.63, 3.8) is 0 Å². The summed E-state index contributed by atoms with van der Waals surface area (Å²) >= 11 is 0. The van der Waals surface area contributed by atoms with Crippen LogP contribution >= 0.6 is 0 Å². The average molecular weight is 484 g/mol. The summed E-state index contributed by atoms with van der Waals surface area (Å²) in [6.45, 7) is 6.12. The van der Waals surface area contributed by atoms with Crippen molar-refractivity contribution in [3.8, 4) is 11.3 Å². The summed E-state index contributed by atoms with van der Waals surface area (Å²) in [5.41, 5.74) is 7.27. The molecule has 0 aliphatic heterocycles. The van der Waals surface area contributed by atoms with Crippen molar-refractivity contribution in [1.82, 2.24) is 20.0 Å². The number of pyridine rings is 1. The Morgan fingerprint density at radius 3 is 2.58 bits per heavy atom. The zero-order chi connectivity index (χ0) is 25.5. The molecule has 0 saturated heterocycles. The predicted molar refractivity (Wildman–Crippen MR) is 137 cm³/mol. The van der Waals surface area contributed by atoms with Crippen molar-refractivity contribution in [2.75, 3.05) is 6.61 Å². The van der Waals surface area contributed by atoms with Gasteiger partial charge in [-0.3, -0.25) is 9.78 Å². The van der Waals surface area contributed by atoms with Crippen molar-refractivity contribution in [2.24, 2.45) is 5.16 Å². The molecule has 8 nitrogen and oxygen atoms in total. The van der Waals surface area contributed by atoms with Gasteiger partial charge in [-0.2, -0.15) is 0 Å². The number of hydrogen-bond donors (Lipinski definition) is 1. The van der Waals surface area contributed by atoms with E-state index >= 15 is 0 Å². The van der Waals surface area contributed by atoms with E-state index in [-0.39, 0.29) is 18.4 Å². The molecule has 1 atom stereocenters. The third kappa shape index (κ3) is 5.83. The molecule has 36 heavy (non-hydrogen) atoms. The highest BCUT2D eigenvalue weighted by Gasteiger charge is 2.21. The van der Waals surface area contributed by atoms with Gasteiger partial charge in [0.1, 0.15) is 12.2 Å². The summed E-state index contributed by atoms with van der Waals surface area (Å²) in [6, 6.07) is 20.1. The molecule has 0 radical (unpaired) electrons. The molecule has 2 aromatic heterocycles. The molecule has 0 bridgehead atoms. The molecule has 0 fully saturated rings. The van der Waals surface area contributed by atoms with Crippen molar-refractivity contribution >= 4 is 11.7 Å². The summed E-state index contributed by atoms with van der Waals surface area (Å²) in [4.78, 5) is 16.0. The Morgan fingerprint density at radius 1 is 1.11 bits per heavy atom. The molecular formula is C28H29N5O3. The van der Waals surface area contributed by atoms with Crippen molar-refractivity contribution in [1.29, 1.82) is 0 Å². The molecule has 1 N–H and O–H groups in total. The number of rotatable bonds is 9. The van der Waals surface area contributed by atoms with Crippen LogP contribution in [0, 0.1) is 13.8 Å². The third-order valence-corrected chi connectivity index (χ3v) is 6.06. The van der Waals surface area contributed by atoms with Crippen molar-refractivity contribution in [3.05, 3.63) is 101 Å². The maximum Gasteiger partial charge on any atom is 0.327 e. The summed E-state index contributed by atoms with van der Waals surface area (Å²) in [5, 5.41) is 21.8. The van der Waals surface area contributed by atoms with Crippen LogP contribution in [0.3, 0.4) is 0 Å². The molecule has 0 saturated carbocycles. The highest BCUT2D eigenvalue weighted by molar-refractivity contribution is 6.01. The van der Waals surface area contributed by atoms with Crippen LogP contribution in [-0.4, -0.2) is 43.5 Å². The van der Waals surface area contributed by atoms with Gasteiger partial charge in [0.05, 0.1) is 18.5 Å². The number of oxime groups is 1. The normalized spacial score (nSPS) is 12.4. The first-order chi connectivity index (χ1) is 17.5. The van der Waals surface area contributed by atoms with Crippen LogP contribution in [0.2, 0.25) is 0 Å². The molecule has 4 rings (SSSR count). The molecule has 0 aliphatic carbocycles. The van der Waals surface area contributed by atoms with E-state index in [9.17, 15) is 10.0 Å². The van der Waals surface area contributed by atoms with E-state index in [2.05, 4.69) is 51.6 Å². The van der Waals surface area contributed by atoms with Crippen LogP contribution in [0.15, 0.2) is 78.2 Å². The first-order valence-corrected chi connectivity index (χ1v) is 11.8. The maximum absolute atomic E-state index is 11.7. The summed E-state index contributed by atoms with van der Waals surface area (Å²) in [7, 11) is 0. The van der Waals surface area contributed by atoms with Gasteiger partial charge in [-0.1, -0.05) is 58.9 Å². The molecule has 8 heteroatoms. The van der Waals surface area contributed by atoms with E-state index < -0.39 is 0 Å². The van der Waals surface area contributed by atoms with Gasteiger partial charge in [0.25, 0.3) is 0 Å². The molecule has 2 heterocycles. The van der Waals surface area contributed by atoms with E-state index in [0.717, 1.165) is 33.5 Å².